The molecule has 0 atom stereocenters. The summed E-state index contributed by atoms with van der Waals surface area (Å²) in [6.45, 7) is 9.28. The van der Waals surface area contributed by atoms with Gasteiger partial charge in [-0.15, -0.1) is 0 Å². The molecule has 0 saturated heterocycles. The van der Waals surface area contributed by atoms with Gasteiger partial charge in [0.2, 0.25) is 0 Å². The summed E-state index contributed by atoms with van der Waals surface area (Å²) < 4.78 is 2.27. The predicted octanol–water partition coefficient (Wildman–Crippen LogP) is 3.74. The van der Waals surface area contributed by atoms with Crippen LogP contribution in [0.1, 0.15) is 36.5 Å². The molecule has 0 aliphatic heterocycles. The van der Waals surface area contributed by atoms with Crippen molar-refractivity contribution >= 4 is 11.2 Å². The van der Waals surface area contributed by atoms with E-state index >= 15 is 0 Å². The molecular formula is C20H26N4. The van der Waals surface area contributed by atoms with Crippen molar-refractivity contribution in [1.29, 1.82) is 0 Å². The van der Waals surface area contributed by atoms with Gasteiger partial charge in [-0.1, -0.05) is 26.0 Å². The zero-order valence-corrected chi connectivity index (χ0v) is 15.0. The average molecular weight is 322 g/mol. The molecular weight excluding hydrogens is 296 g/mol. The van der Waals surface area contributed by atoms with Gasteiger partial charge in [-0.25, -0.2) is 9.97 Å². The normalized spacial score (nSPS) is 11.6. The van der Waals surface area contributed by atoms with Crippen molar-refractivity contribution in [2.45, 2.75) is 40.5 Å². The van der Waals surface area contributed by atoms with Crippen LogP contribution in [0.25, 0.3) is 16.9 Å². The first-order chi connectivity index (χ1) is 11.5. The first-order valence-electron chi connectivity index (χ1n) is 8.64. The first-order valence-corrected chi connectivity index (χ1v) is 8.64. The zero-order chi connectivity index (χ0) is 17.3. The Hall–Kier alpha value is -2.20. The molecule has 4 nitrogen and oxygen atoms in total. The molecule has 126 valence electrons. The second-order valence-electron chi connectivity index (χ2n) is 6.92. The molecule has 0 aliphatic rings. The molecule has 0 spiro atoms. The van der Waals surface area contributed by atoms with Gasteiger partial charge in [-0.3, -0.25) is 4.57 Å². The Balaban J connectivity index is 2.19. The molecule has 0 aliphatic carbocycles. The van der Waals surface area contributed by atoms with Crippen molar-refractivity contribution in [2.24, 2.45) is 11.7 Å². The van der Waals surface area contributed by atoms with E-state index in [-0.39, 0.29) is 0 Å². The van der Waals surface area contributed by atoms with Crippen LogP contribution in [-0.2, 0) is 12.8 Å². The number of aromatic nitrogens is 3. The lowest BCUT2D eigenvalue weighted by molar-refractivity contribution is 0.616. The number of aryl methyl sites for hydroxylation is 2. The van der Waals surface area contributed by atoms with Gasteiger partial charge in [0.1, 0.15) is 5.82 Å². The van der Waals surface area contributed by atoms with E-state index in [4.69, 9.17) is 10.7 Å². The van der Waals surface area contributed by atoms with Gasteiger partial charge in [0.25, 0.3) is 0 Å². The van der Waals surface area contributed by atoms with Gasteiger partial charge in [0.05, 0.1) is 5.52 Å². The maximum Gasteiger partial charge on any atom is 0.178 e. The molecule has 3 rings (SSSR count). The molecule has 0 radical (unpaired) electrons. The van der Waals surface area contributed by atoms with Crippen LogP contribution in [0.2, 0.25) is 0 Å². The summed E-state index contributed by atoms with van der Waals surface area (Å²) >= 11 is 0. The lowest BCUT2D eigenvalue weighted by Crippen LogP contribution is -2.06. The first kappa shape index (κ1) is 16.7. The van der Waals surface area contributed by atoms with Crippen molar-refractivity contribution in [2.75, 3.05) is 6.54 Å². The largest absolute Gasteiger partial charge is 0.330 e. The van der Waals surface area contributed by atoms with Crippen molar-refractivity contribution in [3.05, 3.63) is 53.0 Å². The highest BCUT2D eigenvalue weighted by Gasteiger charge is 2.16. The van der Waals surface area contributed by atoms with E-state index in [1.807, 2.05) is 6.92 Å². The Kier molecular flexibility index (Phi) is 4.67. The molecule has 0 saturated carbocycles. The molecule has 0 unspecified atom stereocenters. The Labute approximate surface area is 143 Å². The molecule has 0 bridgehead atoms. The highest BCUT2D eigenvalue weighted by Crippen LogP contribution is 2.25. The minimum absolute atomic E-state index is 0.540. The SMILES string of the molecule is Cc1cc(C)c2c(n1)nc(CC(C)C)n2-c1ccc(CCN)cc1. The van der Waals surface area contributed by atoms with Crippen molar-refractivity contribution in [1.82, 2.24) is 14.5 Å². The van der Waals surface area contributed by atoms with E-state index in [1.54, 1.807) is 0 Å². The average Bonchev–Trinajstić information content (AvgIpc) is 2.85. The Bertz CT molecular complexity index is 844. The monoisotopic (exact) mass is 322 g/mol. The minimum Gasteiger partial charge on any atom is -0.330 e. The van der Waals surface area contributed by atoms with Gasteiger partial charge < -0.3 is 5.73 Å². The molecule has 2 heterocycles. The highest BCUT2D eigenvalue weighted by atomic mass is 15.1. The van der Waals surface area contributed by atoms with Gasteiger partial charge >= 0.3 is 0 Å². The maximum atomic E-state index is 5.66. The second kappa shape index (κ2) is 6.73. The highest BCUT2D eigenvalue weighted by molar-refractivity contribution is 5.78. The molecule has 2 N–H and O–H groups in total. The molecule has 2 aromatic heterocycles. The number of fused-ring (bicyclic) bond motifs is 1. The van der Waals surface area contributed by atoms with Gasteiger partial charge in [-0.05, 0) is 62.1 Å². The van der Waals surface area contributed by atoms with Crippen LogP contribution in [0, 0.1) is 19.8 Å². The minimum atomic E-state index is 0.540. The molecule has 24 heavy (non-hydrogen) atoms. The fourth-order valence-corrected chi connectivity index (χ4v) is 3.22. The Morgan fingerprint density at radius 2 is 1.79 bits per heavy atom. The van der Waals surface area contributed by atoms with Gasteiger partial charge in [0.15, 0.2) is 5.65 Å². The van der Waals surface area contributed by atoms with Crippen LogP contribution in [0.15, 0.2) is 30.3 Å². The number of nitrogens with zero attached hydrogens (tertiary/aromatic N) is 3. The quantitative estimate of drug-likeness (QED) is 0.778. The van der Waals surface area contributed by atoms with E-state index in [0.29, 0.717) is 12.5 Å². The van der Waals surface area contributed by atoms with Gasteiger partial charge in [0, 0.05) is 17.8 Å². The Morgan fingerprint density at radius 1 is 1.08 bits per heavy atom. The standard InChI is InChI=1S/C20H26N4/c1-13(2)11-18-23-20-19(14(3)12-15(4)22-20)24(18)17-7-5-16(6-8-17)9-10-21/h5-8,12-13H,9-11,21H2,1-4H3. The van der Waals surface area contributed by atoms with Crippen molar-refractivity contribution in [3.63, 3.8) is 0 Å². The number of nitrogens with two attached hydrogens (primary N) is 1. The number of rotatable bonds is 5. The summed E-state index contributed by atoms with van der Waals surface area (Å²) in [5.41, 5.74) is 12.2. The van der Waals surface area contributed by atoms with Crippen LogP contribution < -0.4 is 5.73 Å². The molecule has 0 amide bonds. The smallest absolute Gasteiger partial charge is 0.178 e. The van der Waals surface area contributed by atoms with Crippen molar-refractivity contribution in [3.8, 4) is 5.69 Å². The maximum absolute atomic E-state index is 5.66. The second-order valence-corrected chi connectivity index (χ2v) is 6.92. The number of benzene rings is 1. The van der Waals surface area contributed by atoms with Crippen LogP contribution in [-0.4, -0.2) is 21.1 Å². The van der Waals surface area contributed by atoms with E-state index in [0.717, 1.165) is 41.2 Å². The number of pyridine rings is 1. The third-order valence-electron chi connectivity index (χ3n) is 4.23. The third kappa shape index (κ3) is 3.20. The van der Waals surface area contributed by atoms with Gasteiger partial charge in [-0.2, -0.15) is 0 Å². The number of imidazole rings is 1. The summed E-state index contributed by atoms with van der Waals surface area (Å²) in [5.74, 6) is 1.62. The van der Waals surface area contributed by atoms with E-state index < -0.39 is 0 Å². The summed E-state index contributed by atoms with van der Waals surface area (Å²) in [5, 5.41) is 0. The molecule has 1 aromatic carbocycles. The lowest BCUT2D eigenvalue weighted by Gasteiger charge is -2.12. The molecule has 0 fully saturated rings. The van der Waals surface area contributed by atoms with Crippen molar-refractivity contribution < 1.29 is 0 Å². The zero-order valence-electron chi connectivity index (χ0n) is 15.0. The summed E-state index contributed by atoms with van der Waals surface area (Å²) in [6.07, 6.45) is 1.84. The van der Waals surface area contributed by atoms with E-state index in [2.05, 4.69) is 60.7 Å². The summed E-state index contributed by atoms with van der Waals surface area (Å²) in [6, 6.07) is 10.8. The van der Waals surface area contributed by atoms with Crippen LogP contribution in [0.5, 0.6) is 0 Å². The number of hydrogen-bond donors (Lipinski definition) is 1. The third-order valence-corrected chi connectivity index (χ3v) is 4.23. The molecule has 3 aromatic rings. The lowest BCUT2D eigenvalue weighted by atomic mass is 10.1. The topological polar surface area (TPSA) is 56.7 Å². The summed E-state index contributed by atoms with van der Waals surface area (Å²) in [4.78, 5) is 9.49. The fraction of sp³-hybridized carbons (Fsp3) is 0.400. The Morgan fingerprint density at radius 3 is 2.42 bits per heavy atom. The van der Waals surface area contributed by atoms with Crippen LogP contribution in [0.4, 0.5) is 0 Å². The fourth-order valence-electron chi connectivity index (χ4n) is 3.22. The van der Waals surface area contributed by atoms with E-state index in [1.165, 1.54) is 11.1 Å². The summed E-state index contributed by atoms with van der Waals surface area (Å²) in [7, 11) is 0. The van der Waals surface area contributed by atoms with Crippen LogP contribution in [0.3, 0.4) is 0 Å². The predicted molar refractivity (Wildman–Crippen MR) is 99.6 cm³/mol. The van der Waals surface area contributed by atoms with E-state index in [9.17, 15) is 0 Å². The van der Waals surface area contributed by atoms with Crippen LogP contribution >= 0.6 is 0 Å². The number of hydrogen-bond acceptors (Lipinski definition) is 3. The molecule has 4 heteroatoms.